The van der Waals surface area contributed by atoms with Crippen molar-refractivity contribution in [3.63, 3.8) is 0 Å². The minimum atomic E-state index is -0.182. The van der Waals surface area contributed by atoms with Crippen LogP contribution in [0.4, 0.5) is 5.69 Å². The molecule has 1 amide bonds. The van der Waals surface area contributed by atoms with Crippen LogP contribution in [0.15, 0.2) is 42.6 Å². The SMILES string of the molecule is Cc1cc(NC(=O)c2cccc(Cl)c2)ccn1. The molecule has 0 unspecified atom stereocenters. The van der Waals surface area contributed by atoms with E-state index in [1.807, 2.05) is 13.0 Å². The molecule has 2 rings (SSSR count). The van der Waals surface area contributed by atoms with Gasteiger partial charge in [-0.1, -0.05) is 17.7 Å². The van der Waals surface area contributed by atoms with Gasteiger partial charge < -0.3 is 5.32 Å². The van der Waals surface area contributed by atoms with Gasteiger partial charge in [-0.2, -0.15) is 0 Å². The Kier molecular flexibility index (Phi) is 3.40. The normalized spacial score (nSPS) is 10.0. The number of anilines is 1. The van der Waals surface area contributed by atoms with Crippen LogP contribution in [-0.2, 0) is 0 Å². The van der Waals surface area contributed by atoms with E-state index in [0.29, 0.717) is 10.6 Å². The third-order valence-corrected chi connectivity index (χ3v) is 2.48. The smallest absolute Gasteiger partial charge is 0.255 e. The lowest BCUT2D eigenvalue weighted by Crippen LogP contribution is -2.11. The highest BCUT2D eigenvalue weighted by Crippen LogP contribution is 2.13. The average molecular weight is 247 g/mol. The second-order valence-electron chi connectivity index (χ2n) is 3.65. The van der Waals surface area contributed by atoms with Crippen molar-refractivity contribution in [1.82, 2.24) is 4.98 Å². The molecule has 1 N–H and O–H groups in total. The highest BCUT2D eigenvalue weighted by molar-refractivity contribution is 6.31. The van der Waals surface area contributed by atoms with Crippen molar-refractivity contribution in [2.75, 3.05) is 5.32 Å². The number of benzene rings is 1. The Bertz CT molecular complexity index is 555. The number of carbonyl (C=O) groups is 1. The van der Waals surface area contributed by atoms with Gasteiger partial charge in [0.05, 0.1) is 0 Å². The zero-order valence-electron chi connectivity index (χ0n) is 9.27. The molecule has 2 aromatic rings. The van der Waals surface area contributed by atoms with Crippen molar-refractivity contribution >= 4 is 23.2 Å². The Labute approximate surface area is 104 Å². The van der Waals surface area contributed by atoms with Crippen LogP contribution in [0.5, 0.6) is 0 Å². The first kappa shape index (κ1) is 11.6. The van der Waals surface area contributed by atoms with Gasteiger partial charge in [0.2, 0.25) is 0 Å². The van der Waals surface area contributed by atoms with Crippen LogP contribution in [0.25, 0.3) is 0 Å². The van der Waals surface area contributed by atoms with E-state index in [1.54, 1.807) is 36.5 Å². The Morgan fingerprint density at radius 2 is 2.12 bits per heavy atom. The summed E-state index contributed by atoms with van der Waals surface area (Å²) in [7, 11) is 0. The largest absolute Gasteiger partial charge is 0.322 e. The summed E-state index contributed by atoms with van der Waals surface area (Å²) in [5.41, 5.74) is 2.11. The fourth-order valence-electron chi connectivity index (χ4n) is 1.46. The van der Waals surface area contributed by atoms with Crippen LogP contribution in [-0.4, -0.2) is 10.9 Å². The van der Waals surface area contributed by atoms with E-state index in [-0.39, 0.29) is 5.91 Å². The van der Waals surface area contributed by atoms with E-state index in [0.717, 1.165) is 11.4 Å². The number of amides is 1. The summed E-state index contributed by atoms with van der Waals surface area (Å²) in [4.78, 5) is 15.9. The number of carbonyl (C=O) groups excluding carboxylic acids is 1. The van der Waals surface area contributed by atoms with E-state index >= 15 is 0 Å². The topological polar surface area (TPSA) is 42.0 Å². The van der Waals surface area contributed by atoms with E-state index in [1.165, 1.54) is 0 Å². The molecule has 1 heterocycles. The van der Waals surface area contributed by atoms with Crippen LogP contribution >= 0.6 is 11.6 Å². The summed E-state index contributed by atoms with van der Waals surface area (Å²) in [6.45, 7) is 1.87. The number of hydrogen-bond donors (Lipinski definition) is 1. The maximum Gasteiger partial charge on any atom is 0.255 e. The quantitative estimate of drug-likeness (QED) is 0.884. The maximum atomic E-state index is 11.9. The Morgan fingerprint density at radius 3 is 2.82 bits per heavy atom. The molecular formula is C13H11ClN2O. The monoisotopic (exact) mass is 246 g/mol. The van der Waals surface area contributed by atoms with Gasteiger partial charge in [0.25, 0.3) is 5.91 Å². The number of nitrogens with zero attached hydrogens (tertiary/aromatic N) is 1. The molecule has 3 nitrogen and oxygen atoms in total. The van der Waals surface area contributed by atoms with Crippen LogP contribution in [0.2, 0.25) is 5.02 Å². The molecular weight excluding hydrogens is 236 g/mol. The third-order valence-electron chi connectivity index (χ3n) is 2.24. The number of aromatic nitrogens is 1. The average Bonchev–Trinajstić information content (AvgIpc) is 2.29. The minimum absolute atomic E-state index is 0.182. The van der Waals surface area contributed by atoms with E-state index < -0.39 is 0 Å². The Hall–Kier alpha value is -1.87. The first-order chi connectivity index (χ1) is 8.15. The summed E-state index contributed by atoms with van der Waals surface area (Å²) < 4.78 is 0. The van der Waals surface area contributed by atoms with Gasteiger partial charge in [-0.3, -0.25) is 9.78 Å². The molecule has 0 aliphatic carbocycles. The predicted molar refractivity (Wildman–Crippen MR) is 68.4 cm³/mol. The number of hydrogen-bond acceptors (Lipinski definition) is 2. The highest BCUT2D eigenvalue weighted by Gasteiger charge is 2.06. The van der Waals surface area contributed by atoms with Gasteiger partial charge in [0.15, 0.2) is 0 Å². The second-order valence-corrected chi connectivity index (χ2v) is 4.09. The summed E-state index contributed by atoms with van der Waals surface area (Å²) in [5, 5.41) is 3.33. The molecule has 0 spiro atoms. The number of nitrogens with one attached hydrogen (secondary N) is 1. The number of halogens is 1. The molecule has 1 aromatic carbocycles. The Balaban J connectivity index is 2.17. The lowest BCUT2D eigenvalue weighted by atomic mass is 10.2. The summed E-state index contributed by atoms with van der Waals surface area (Å²) in [6.07, 6.45) is 1.66. The van der Waals surface area contributed by atoms with Crippen LogP contribution in [0.3, 0.4) is 0 Å². The summed E-state index contributed by atoms with van der Waals surface area (Å²) in [5.74, 6) is -0.182. The van der Waals surface area contributed by atoms with E-state index in [2.05, 4.69) is 10.3 Å². The van der Waals surface area contributed by atoms with Gasteiger partial charge in [0, 0.05) is 28.2 Å². The fraction of sp³-hybridized carbons (Fsp3) is 0.0769. The van der Waals surface area contributed by atoms with Crippen molar-refractivity contribution in [2.45, 2.75) is 6.92 Å². The number of pyridine rings is 1. The molecule has 0 radical (unpaired) electrons. The molecule has 86 valence electrons. The zero-order valence-corrected chi connectivity index (χ0v) is 10.0. The molecule has 1 aromatic heterocycles. The first-order valence-electron chi connectivity index (χ1n) is 5.15. The van der Waals surface area contributed by atoms with Crippen molar-refractivity contribution in [3.8, 4) is 0 Å². The van der Waals surface area contributed by atoms with Gasteiger partial charge in [-0.15, -0.1) is 0 Å². The zero-order chi connectivity index (χ0) is 12.3. The number of rotatable bonds is 2. The van der Waals surface area contributed by atoms with Crippen molar-refractivity contribution < 1.29 is 4.79 Å². The molecule has 17 heavy (non-hydrogen) atoms. The van der Waals surface area contributed by atoms with Crippen LogP contribution < -0.4 is 5.32 Å². The third kappa shape index (κ3) is 3.04. The molecule has 4 heteroatoms. The molecule has 0 saturated carbocycles. The number of aryl methyl sites for hydroxylation is 1. The lowest BCUT2D eigenvalue weighted by molar-refractivity contribution is 0.102. The molecule has 0 aliphatic rings. The van der Waals surface area contributed by atoms with Crippen LogP contribution in [0, 0.1) is 6.92 Å². The summed E-state index contributed by atoms with van der Waals surface area (Å²) >= 11 is 5.83. The van der Waals surface area contributed by atoms with Crippen molar-refractivity contribution in [1.29, 1.82) is 0 Å². The molecule has 0 bridgehead atoms. The Morgan fingerprint density at radius 1 is 1.29 bits per heavy atom. The minimum Gasteiger partial charge on any atom is -0.322 e. The molecule has 0 aliphatic heterocycles. The van der Waals surface area contributed by atoms with Crippen LogP contribution in [0.1, 0.15) is 16.1 Å². The van der Waals surface area contributed by atoms with Gasteiger partial charge in [-0.05, 0) is 37.3 Å². The molecule has 0 fully saturated rings. The van der Waals surface area contributed by atoms with Gasteiger partial charge >= 0.3 is 0 Å². The second kappa shape index (κ2) is 4.97. The summed E-state index contributed by atoms with van der Waals surface area (Å²) in [6, 6.07) is 10.4. The lowest BCUT2D eigenvalue weighted by Gasteiger charge is -2.05. The standard InChI is InChI=1S/C13H11ClN2O/c1-9-7-12(5-6-15-9)16-13(17)10-3-2-4-11(14)8-10/h2-8H,1H3,(H,15,16,17). The molecule has 0 atom stereocenters. The fourth-order valence-corrected chi connectivity index (χ4v) is 1.65. The van der Waals surface area contributed by atoms with Crippen molar-refractivity contribution in [3.05, 3.63) is 58.9 Å². The predicted octanol–water partition coefficient (Wildman–Crippen LogP) is 3.30. The van der Waals surface area contributed by atoms with E-state index in [4.69, 9.17) is 11.6 Å². The van der Waals surface area contributed by atoms with E-state index in [9.17, 15) is 4.79 Å². The molecule has 0 saturated heterocycles. The highest BCUT2D eigenvalue weighted by atomic mass is 35.5. The van der Waals surface area contributed by atoms with Crippen molar-refractivity contribution in [2.24, 2.45) is 0 Å². The van der Waals surface area contributed by atoms with Gasteiger partial charge in [0.1, 0.15) is 0 Å². The van der Waals surface area contributed by atoms with Gasteiger partial charge in [-0.25, -0.2) is 0 Å². The first-order valence-corrected chi connectivity index (χ1v) is 5.52. The maximum absolute atomic E-state index is 11.9.